The first-order valence-electron chi connectivity index (χ1n) is 5.67. The van der Waals surface area contributed by atoms with Gasteiger partial charge in [0.15, 0.2) is 0 Å². The molecule has 2 rings (SSSR count). The highest BCUT2D eigenvalue weighted by Crippen LogP contribution is 2.30. The number of benzene rings is 1. The van der Waals surface area contributed by atoms with Gasteiger partial charge in [-0.25, -0.2) is 4.79 Å². The van der Waals surface area contributed by atoms with Gasteiger partial charge in [0.1, 0.15) is 0 Å². The molecule has 1 aromatic carbocycles. The zero-order valence-electron chi connectivity index (χ0n) is 9.82. The van der Waals surface area contributed by atoms with Crippen LogP contribution in [0.2, 0.25) is 0 Å². The molecule has 0 radical (unpaired) electrons. The summed E-state index contributed by atoms with van der Waals surface area (Å²) < 4.78 is 4.50. The molecule has 1 aromatic rings. The van der Waals surface area contributed by atoms with Crippen molar-refractivity contribution in [3.05, 3.63) is 18.2 Å². The standard InChI is InChI=1S/C12H17N3O2/c1-17-12(16)15-9-4-5-11(10(13)6-9)14-7-8-2-3-8/h4-6,8,14H,2-3,7,13H2,1H3,(H,15,16). The summed E-state index contributed by atoms with van der Waals surface area (Å²) in [5.74, 6) is 0.794. The third-order valence-corrected chi connectivity index (χ3v) is 2.76. The SMILES string of the molecule is COC(=O)Nc1ccc(NCC2CC2)c(N)c1. The van der Waals surface area contributed by atoms with E-state index < -0.39 is 6.09 Å². The predicted molar refractivity (Wildman–Crippen MR) is 68.1 cm³/mol. The first-order chi connectivity index (χ1) is 8.19. The molecule has 0 aliphatic heterocycles. The first kappa shape index (κ1) is 11.6. The van der Waals surface area contributed by atoms with Gasteiger partial charge in [0.05, 0.1) is 18.5 Å². The van der Waals surface area contributed by atoms with Gasteiger partial charge < -0.3 is 15.8 Å². The van der Waals surface area contributed by atoms with Crippen molar-refractivity contribution in [1.82, 2.24) is 0 Å². The molecule has 5 heteroatoms. The molecule has 0 bridgehead atoms. The number of nitrogens with two attached hydrogens (primary N) is 1. The number of methoxy groups -OCH3 is 1. The van der Waals surface area contributed by atoms with Crippen molar-refractivity contribution >= 4 is 23.2 Å². The number of nitrogen functional groups attached to an aromatic ring is 1. The topological polar surface area (TPSA) is 76.4 Å². The van der Waals surface area contributed by atoms with Crippen molar-refractivity contribution in [3.63, 3.8) is 0 Å². The summed E-state index contributed by atoms with van der Waals surface area (Å²) in [5, 5.41) is 5.87. The fourth-order valence-corrected chi connectivity index (χ4v) is 1.55. The minimum atomic E-state index is -0.497. The molecule has 1 aliphatic carbocycles. The van der Waals surface area contributed by atoms with Gasteiger partial charge in [-0.3, -0.25) is 5.32 Å². The summed E-state index contributed by atoms with van der Waals surface area (Å²) in [5.41, 5.74) is 8.06. The first-order valence-corrected chi connectivity index (χ1v) is 5.67. The lowest BCUT2D eigenvalue weighted by Gasteiger charge is -2.10. The van der Waals surface area contributed by atoms with E-state index in [4.69, 9.17) is 5.73 Å². The molecule has 4 N–H and O–H groups in total. The molecule has 0 atom stereocenters. The Kier molecular flexibility index (Phi) is 3.37. The monoisotopic (exact) mass is 235 g/mol. The van der Waals surface area contributed by atoms with Crippen LogP contribution < -0.4 is 16.4 Å². The fraction of sp³-hybridized carbons (Fsp3) is 0.417. The van der Waals surface area contributed by atoms with Crippen molar-refractivity contribution in [1.29, 1.82) is 0 Å². The van der Waals surface area contributed by atoms with Crippen LogP contribution in [0.15, 0.2) is 18.2 Å². The van der Waals surface area contributed by atoms with Crippen LogP contribution in [0.5, 0.6) is 0 Å². The minimum Gasteiger partial charge on any atom is -0.453 e. The van der Waals surface area contributed by atoms with Crippen molar-refractivity contribution < 1.29 is 9.53 Å². The Morgan fingerprint density at radius 3 is 2.88 bits per heavy atom. The quantitative estimate of drug-likeness (QED) is 0.700. The smallest absolute Gasteiger partial charge is 0.411 e. The molecular weight excluding hydrogens is 218 g/mol. The average Bonchev–Trinajstić information content (AvgIpc) is 3.12. The van der Waals surface area contributed by atoms with Gasteiger partial charge in [-0.1, -0.05) is 0 Å². The fourth-order valence-electron chi connectivity index (χ4n) is 1.55. The van der Waals surface area contributed by atoms with E-state index in [0.717, 1.165) is 18.2 Å². The number of nitrogens with one attached hydrogen (secondary N) is 2. The minimum absolute atomic E-state index is 0.497. The zero-order valence-corrected chi connectivity index (χ0v) is 9.82. The van der Waals surface area contributed by atoms with Crippen molar-refractivity contribution in [2.75, 3.05) is 30.0 Å². The average molecular weight is 235 g/mol. The molecule has 92 valence electrons. The van der Waals surface area contributed by atoms with Gasteiger partial charge in [-0.15, -0.1) is 0 Å². The van der Waals surface area contributed by atoms with E-state index in [9.17, 15) is 4.79 Å². The number of hydrogen-bond acceptors (Lipinski definition) is 4. The van der Waals surface area contributed by atoms with Crippen LogP contribution in [-0.4, -0.2) is 19.7 Å². The van der Waals surface area contributed by atoms with Crippen LogP contribution in [-0.2, 0) is 4.74 Å². The van der Waals surface area contributed by atoms with E-state index in [1.165, 1.54) is 20.0 Å². The van der Waals surface area contributed by atoms with Gasteiger partial charge in [0.25, 0.3) is 0 Å². The summed E-state index contributed by atoms with van der Waals surface area (Å²) in [4.78, 5) is 11.0. The Morgan fingerprint density at radius 2 is 2.29 bits per heavy atom. The van der Waals surface area contributed by atoms with Gasteiger partial charge in [-0.2, -0.15) is 0 Å². The molecule has 5 nitrogen and oxygen atoms in total. The third-order valence-electron chi connectivity index (χ3n) is 2.76. The van der Waals surface area contributed by atoms with E-state index in [0.29, 0.717) is 11.4 Å². The number of ether oxygens (including phenoxy) is 1. The molecule has 0 unspecified atom stereocenters. The number of carbonyl (C=O) groups excluding carboxylic acids is 1. The Labute approximate surface area is 100 Å². The normalized spacial score (nSPS) is 14.2. The largest absolute Gasteiger partial charge is 0.453 e. The van der Waals surface area contributed by atoms with Crippen LogP contribution in [0.1, 0.15) is 12.8 Å². The Morgan fingerprint density at radius 1 is 1.53 bits per heavy atom. The van der Waals surface area contributed by atoms with Crippen LogP contribution in [0.25, 0.3) is 0 Å². The van der Waals surface area contributed by atoms with E-state index >= 15 is 0 Å². The lowest BCUT2D eigenvalue weighted by molar-refractivity contribution is 0.187. The molecule has 17 heavy (non-hydrogen) atoms. The van der Waals surface area contributed by atoms with E-state index in [1.54, 1.807) is 12.1 Å². The lowest BCUT2D eigenvalue weighted by atomic mass is 10.2. The van der Waals surface area contributed by atoms with Crippen LogP contribution in [0.3, 0.4) is 0 Å². The number of anilines is 3. The molecule has 0 aromatic heterocycles. The van der Waals surface area contributed by atoms with Gasteiger partial charge >= 0.3 is 6.09 Å². The summed E-state index contributed by atoms with van der Waals surface area (Å²) in [6.07, 6.45) is 2.10. The molecule has 1 aliphatic rings. The number of rotatable bonds is 4. The van der Waals surface area contributed by atoms with Crippen molar-refractivity contribution in [3.8, 4) is 0 Å². The maximum absolute atomic E-state index is 11.0. The van der Waals surface area contributed by atoms with Crippen molar-refractivity contribution in [2.45, 2.75) is 12.8 Å². The van der Waals surface area contributed by atoms with E-state index in [2.05, 4.69) is 15.4 Å². The molecule has 0 spiro atoms. The molecule has 0 heterocycles. The maximum Gasteiger partial charge on any atom is 0.411 e. The number of carbonyl (C=O) groups is 1. The molecule has 1 fully saturated rings. The summed E-state index contributed by atoms with van der Waals surface area (Å²) in [6, 6.07) is 5.37. The second-order valence-electron chi connectivity index (χ2n) is 4.24. The van der Waals surface area contributed by atoms with Gasteiger partial charge in [0, 0.05) is 12.2 Å². The highest BCUT2D eigenvalue weighted by atomic mass is 16.5. The molecule has 1 amide bonds. The third kappa shape index (κ3) is 3.27. The number of hydrogen-bond donors (Lipinski definition) is 3. The Hall–Kier alpha value is -1.91. The summed E-state index contributed by atoms with van der Waals surface area (Å²) >= 11 is 0. The summed E-state index contributed by atoms with van der Waals surface area (Å²) in [7, 11) is 1.32. The molecule has 0 saturated heterocycles. The van der Waals surface area contributed by atoms with E-state index in [-0.39, 0.29) is 0 Å². The second-order valence-corrected chi connectivity index (χ2v) is 4.24. The van der Waals surface area contributed by atoms with Gasteiger partial charge in [-0.05, 0) is 37.0 Å². The van der Waals surface area contributed by atoms with Crippen molar-refractivity contribution in [2.24, 2.45) is 5.92 Å². The van der Waals surface area contributed by atoms with E-state index in [1.807, 2.05) is 6.07 Å². The highest BCUT2D eigenvalue weighted by Gasteiger charge is 2.20. The Bertz CT molecular complexity index is 416. The molecular formula is C12H17N3O2. The van der Waals surface area contributed by atoms with Crippen LogP contribution >= 0.6 is 0 Å². The lowest BCUT2D eigenvalue weighted by Crippen LogP contribution is -2.11. The second kappa shape index (κ2) is 4.95. The predicted octanol–water partition coefficient (Wildman–Crippen LogP) is 2.27. The van der Waals surface area contributed by atoms with Gasteiger partial charge in [0.2, 0.25) is 0 Å². The highest BCUT2D eigenvalue weighted by molar-refractivity contribution is 5.86. The van der Waals surface area contributed by atoms with Crippen LogP contribution in [0, 0.1) is 5.92 Å². The van der Waals surface area contributed by atoms with Crippen LogP contribution in [0.4, 0.5) is 21.9 Å². The summed E-state index contributed by atoms with van der Waals surface area (Å²) in [6.45, 7) is 0.966. The maximum atomic E-state index is 11.0. The molecule has 1 saturated carbocycles. The Balaban J connectivity index is 1.97. The number of amides is 1. The zero-order chi connectivity index (χ0) is 12.3.